The largest absolute Gasteiger partial charge is 0.339 e. The molecule has 2 aliphatic heterocycles. The third-order valence-corrected chi connectivity index (χ3v) is 9.19. The highest BCUT2D eigenvalue weighted by atomic mass is 19.3. The van der Waals surface area contributed by atoms with Crippen molar-refractivity contribution in [1.82, 2.24) is 9.80 Å². The van der Waals surface area contributed by atoms with Gasteiger partial charge in [0.2, 0.25) is 5.91 Å². The minimum Gasteiger partial charge on any atom is -0.339 e. The summed E-state index contributed by atoms with van der Waals surface area (Å²) in [6, 6.07) is 30.2. The van der Waals surface area contributed by atoms with Gasteiger partial charge in [0.05, 0.1) is 5.69 Å². The number of carbonyl (C=O) groups is 3. The van der Waals surface area contributed by atoms with Crippen molar-refractivity contribution in [3.8, 4) is 11.1 Å². The van der Waals surface area contributed by atoms with Gasteiger partial charge in [0.25, 0.3) is 17.7 Å². The Hall–Kier alpha value is -5.15. The highest BCUT2D eigenvalue weighted by molar-refractivity contribution is 6.11. The second-order valence-electron chi connectivity index (χ2n) is 12.4. The van der Waals surface area contributed by atoms with Crippen LogP contribution in [0.4, 0.5) is 20.2 Å². The fourth-order valence-corrected chi connectivity index (χ4v) is 6.45. The number of anilines is 2. The van der Waals surface area contributed by atoms with Crippen LogP contribution >= 0.6 is 0 Å². The van der Waals surface area contributed by atoms with Crippen LogP contribution in [0.25, 0.3) is 16.7 Å². The molecule has 0 aromatic heterocycles. The molecule has 0 radical (unpaired) electrons. The Balaban J connectivity index is 1.21. The van der Waals surface area contributed by atoms with E-state index in [-0.39, 0.29) is 29.2 Å². The number of piperidine rings is 1. The molecule has 6 rings (SSSR count). The van der Waals surface area contributed by atoms with Crippen molar-refractivity contribution in [2.75, 3.05) is 43.9 Å². The normalized spacial score (nSPS) is 17.1. The van der Waals surface area contributed by atoms with Gasteiger partial charge in [-0.1, -0.05) is 66.7 Å². The lowest BCUT2D eigenvalue weighted by Crippen LogP contribution is -2.44. The highest BCUT2D eigenvalue weighted by Gasteiger charge is 2.42. The van der Waals surface area contributed by atoms with E-state index in [0.717, 1.165) is 30.0 Å². The molecule has 0 spiro atoms. The van der Waals surface area contributed by atoms with Crippen molar-refractivity contribution < 1.29 is 23.2 Å². The maximum atomic E-state index is 15.8. The summed E-state index contributed by atoms with van der Waals surface area (Å²) >= 11 is 0. The Morgan fingerprint density at radius 3 is 2.10 bits per heavy atom. The molecule has 0 unspecified atom stereocenters. The van der Waals surface area contributed by atoms with Crippen LogP contribution in [0.5, 0.6) is 0 Å². The topological polar surface area (TPSA) is 73.0 Å². The first-order valence-corrected chi connectivity index (χ1v) is 16.1. The molecule has 0 aliphatic carbocycles. The van der Waals surface area contributed by atoms with Crippen molar-refractivity contribution in [2.24, 2.45) is 0 Å². The van der Waals surface area contributed by atoms with Gasteiger partial charge in [0.15, 0.2) is 0 Å². The number of hydrogen-bond donors (Lipinski definition) is 1. The number of allylic oxidation sites excluding steroid dienone is 1. The van der Waals surface area contributed by atoms with E-state index in [1.165, 1.54) is 11.0 Å². The van der Waals surface area contributed by atoms with Crippen molar-refractivity contribution >= 4 is 34.7 Å². The van der Waals surface area contributed by atoms with Crippen molar-refractivity contribution in [1.29, 1.82) is 0 Å². The molecule has 7 nitrogen and oxygen atoms in total. The van der Waals surface area contributed by atoms with Gasteiger partial charge in [-0.15, -0.1) is 0 Å². The molecule has 0 atom stereocenters. The van der Waals surface area contributed by atoms with Gasteiger partial charge < -0.3 is 20.0 Å². The second kappa shape index (κ2) is 13.9. The number of benzene rings is 4. The van der Waals surface area contributed by atoms with Gasteiger partial charge in [-0.2, -0.15) is 0 Å². The van der Waals surface area contributed by atoms with E-state index in [4.69, 9.17) is 0 Å². The molecule has 0 bridgehead atoms. The molecule has 2 heterocycles. The summed E-state index contributed by atoms with van der Waals surface area (Å²) in [5.74, 6) is -4.52. The van der Waals surface area contributed by atoms with E-state index in [1.54, 1.807) is 59.5 Å². The van der Waals surface area contributed by atoms with Gasteiger partial charge in [0, 0.05) is 66.1 Å². The number of amides is 3. The summed E-state index contributed by atoms with van der Waals surface area (Å²) in [6.07, 6.45) is 1.99. The zero-order chi connectivity index (χ0) is 33.8. The SMILES string of the molecule is CN(C)C1CCN(C(=O)C=C2c3ccccc3N(C(=O)c3ccc(NC(=O)c4ccccc4-c4ccccc4)cc3)CCC2(F)F)CC1. The molecule has 1 saturated heterocycles. The van der Waals surface area contributed by atoms with Gasteiger partial charge in [-0.05, 0) is 74.5 Å². The average molecular weight is 649 g/mol. The Bertz CT molecular complexity index is 1830. The summed E-state index contributed by atoms with van der Waals surface area (Å²) < 4.78 is 31.5. The minimum atomic E-state index is -3.33. The van der Waals surface area contributed by atoms with E-state index < -0.39 is 24.2 Å². The van der Waals surface area contributed by atoms with Gasteiger partial charge in [-0.3, -0.25) is 14.4 Å². The fraction of sp³-hybridized carbons (Fsp3) is 0.256. The van der Waals surface area contributed by atoms with Gasteiger partial charge >= 0.3 is 0 Å². The first kappa shape index (κ1) is 32.8. The summed E-state index contributed by atoms with van der Waals surface area (Å²) in [5.41, 5.74) is 3.09. The summed E-state index contributed by atoms with van der Waals surface area (Å²) in [6.45, 7) is 0.760. The summed E-state index contributed by atoms with van der Waals surface area (Å²) in [7, 11) is 4.00. The van der Waals surface area contributed by atoms with E-state index in [0.29, 0.717) is 36.1 Å². The quantitative estimate of drug-likeness (QED) is 0.224. The molecule has 4 aromatic rings. The predicted octanol–water partition coefficient (Wildman–Crippen LogP) is 7.23. The van der Waals surface area contributed by atoms with Crippen molar-refractivity contribution in [3.63, 3.8) is 0 Å². The molecular weight excluding hydrogens is 610 g/mol. The van der Waals surface area contributed by atoms with Crippen molar-refractivity contribution in [3.05, 3.63) is 126 Å². The van der Waals surface area contributed by atoms with Crippen LogP contribution < -0.4 is 10.2 Å². The van der Waals surface area contributed by atoms with E-state index in [2.05, 4.69) is 10.2 Å². The highest BCUT2D eigenvalue weighted by Crippen LogP contribution is 2.43. The number of nitrogens with zero attached hydrogens (tertiary/aromatic N) is 3. The number of alkyl halides is 2. The standard InChI is InChI=1S/C39H38F2N4O3/c1-43(2)30-20-23-44(24-21-30)36(46)26-34-33-14-8-9-15-35(33)45(25-22-39(34,40)41)38(48)28-16-18-29(19-17-28)42-37(47)32-13-7-6-12-31(32)27-10-4-3-5-11-27/h3-19,26,30H,20-25H2,1-2H3,(H,42,47). The Labute approximate surface area is 279 Å². The molecule has 1 N–H and O–H groups in total. The predicted molar refractivity (Wildman–Crippen MR) is 185 cm³/mol. The molecule has 1 fully saturated rings. The molecule has 9 heteroatoms. The fourth-order valence-electron chi connectivity index (χ4n) is 6.45. The van der Waals surface area contributed by atoms with Crippen LogP contribution in [0, 0.1) is 0 Å². The second-order valence-corrected chi connectivity index (χ2v) is 12.4. The van der Waals surface area contributed by atoms with Crippen LogP contribution in [-0.2, 0) is 4.79 Å². The Morgan fingerprint density at radius 1 is 0.792 bits per heavy atom. The Morgan fingerprint density at radius 2 is 1.42 bits per heavy atom. The third kappa shape index (κ3) is 6.92. The van der Waals surface area contributed by atoms with Crippen LogP contribution in [0.2, 0.25) is 0 Å². The number of halogens is 2. The van der Waals surface area contributed by atoms with Gasteiger partial charge in [0.1, 0.15) is 0 Å². The monoisotopic (exact) mass is 648 g/mol. The zero-order valence-electron chi connectivity index (χ0n) is 27.0. The molecule has 2 aliphatic rings. The first-order chi connectivity index (χ1) is 23.1. The molecule has 3 amide bonds. The number of rotatable bonds is 6. The number of carbonyl (C=O) groups excluding carboxylic acids is 3. The molecule has 4 aromatic carbocycles. The smallest absolute Gasteiger partial charge is 0.275 e. The zero-order valence-corrected chi connectivity index (χ0v) is 27.0. The van der Waals surface area contributed by atoms with E-state index >= 15 is 8.78 Å². The maximum absolute atomic E-state index is 15.8. The van der Waals surface area contributed by atoms with E-state index in [1.807, 2.05) is 56.6 Å². The lowest BCUT2D eigenvalue weighted by Gasteiger charge is -2.35. The van der Waals surface area contributed by atoms with Gasteiger partial charge in [-0.25, -0.2) is 8.78 Å². The van der Waals surface area contributed by atoms with E-state index in [9.17, 15) is 14.4 Å². The lowest BCUT2D eigenvalue weighted by atomic mass is 9.96. The van der Waals surface area contributed by atoms with Crippen LogP contribution in [0.1, 0.15) is 45.5 Å². The van der Waals surface area contributed by atoms with Crippen LogP contribution in [0.15, 0.2) is 109 Å². The summed E-state index contributed by atoms with van der Waals surface area (Å²) in [5, 5.41) is 2.90. The maximum Gasteiger partial charge on any atom is 0.275 e. The van der Waals surface area contributed by atoms with Crippen LogP contribution in [-0.4, -0.2) is 73.2 Å². The van der Waals surface area contributed by atoms with Crippen LogP contribution in [0.3, 0.4) is 0 Å². The molecule has 246 valence electrons. The minimum absolute atomic E-state index is 0.158. The number of para-hydroxylation sites is 1. The number of hydrogen-bond acceptors (Lipinski definition) is 4. The first-order valence-electron chi connectivity index (χ1n) is 16.1. The Kier molecular flexibility index (Phi) is 9.50. The lowest BCUT2D eigenvalue weighted by molar-refractivity contribution is -0.127. The number of fused-ring (bicyclic) bond motifs is 1. The number of likely N-dealkylation sites (tertiary alicyclic amines) is 1. The average Bonchev–Trinajstić information content (AvgIpc) is 3.22. The summed E-state index contributed by atoms with van der Waals surface area (Å²) in [4.78, 5) is 45.5. The van der Waals surface area contributed by atoms with Crippen molar-refractivity contribution in [2.45, 2.75) is 31.2 Å². The molecular formula is C39H38F2N4O3. The third-order valence-electron chi connectivity index (χ3n) is 9.19. The molecule has 0 saturated carbocycles. The number of nitrogens with one attached hydrogen (secondary N) is 1. The molecule has 48 heavy (non-hydrogen) atoms.